The van der Waals surface area contributed by atoms with Gasteiger partial charge in [0, 0.05) is 31.1 Å². The van der Waals surface area contributed by atoms with Gasteiger partial charge in [-0.2, -0.15) is 0 Å². The maximum atomic E-state index is 11.3. The Morgan fingerprint density at radius 1 is 1.26 bits per heavy atom. The van der Waals surface area contributed by atoms with E-state index in [0.29, 0.717) is 19.3 Å². The molecule has 1 aromatic carbocycles. The van der Waals surface area contributed by atoms with Crippen molar-refractivity contribution >= 4 is 24.3 Å². The van der Waals surface area contributed by atoms with Gasteiger partial charge in [0.05, 0.1) is 0 Å². The Hall–Kier alpha value is -2.17. The van der Waals surface area contributed by atoms with Crippen LogP contribution in [0.5, 0.6) is 0 Å². The van der Waals surface area contributed by atoms with Crippen molar-refractivity contribution in [2.75, 3.05) is 18.0 Å². The lowest BCUT2D eigenvalue weighted by atomic mass is 9.95. The van der Waals surface area contributed by atoms with Crippen LogP contribution in [0.3, 0.4) is 0 Å². The molecule has 1 unspecified atom stereocenters. The van der Waals surface area contributed by atoms with Crippen molar-refractivity contribution in [3.8, 4) is 0 Å². The number of carbonyl (C=O) groups excluding carboxylic acids is 3. The molecule has 1 heterocycles. The summed E-state index contributed by atoms with van der Waals surface area (Å²) in [6.45, 7) is 3.92. The predicted octanol–water partition coefficient (Wildman–Crippen LogP) is 2.26. The molecular weight excluding hydrogens is 292 g/mol. The fraction of sp³-hybridized carbons (Fsp3) is 0.500. The monoisotopic (exact) mass is 316 g/mol. The van der Waals surface area contributed by atoms with E-state index in [2.05, 4.69) is 41.4 Å². The van der Waals surface area contributed by atoms with Crippen molar-refractivity contribution in [3.63, 3.8) is 0 Å². The molecule has 0 saturated carbocycles. The SMILES string of the molecule is CC(CCC(=O)NC=O)c1ccc(N2CCC(C=O)CC2)cc1. The van der Waals surface area contributed by atoms with Gasteiger partial charge in [-0.1, -0.05) is 19.1 Å². The van der Waals surface area contributed by atoms with Gasteiger partial charge in [0.15, 0.2) is 0 Å². The highest BCUT2D eigenvalue weighted by Crippen LogP contribution is 2.26. The second kappa shape index (κ2) is 8.46. The molecule has 1 saturated heterocycles. The van der Waals surface area contributed by atoms with Crippen molar-refractivity contribution in [2.24, 2.45) is 5.92 Å². The van der Waals surface area contributed by atoms with Crippen LogP contribution in [-0.2, 0) is 14.4 Å². The largest absolute Gasteiger partial charge is 0.371 e. The number of carbonyl (C=O) groups is 3. The molecule has 0 radical (unpaired) electrons. The molecule has 1 N–H and O–H groups in total. The first-order valence-corrected chi connectivity index (χ1v) is 8.17. The van der Waals surface area contributed by atoms with Crippen LogP contribution in [0.4, 0.5) is 5.69 Å². The van der Waals surface area contributed by atoms with Gasteiger partial charge in [-0.15, -0.1) is 0 Å². The first kappa shape index (κ1) is 17.2. The third-order valence-electron chi connectivity index (χ3n) is 4.58. The molecule has 1 aliphatic heterocycles. The zero-order valence-corrected chi connectivity index (χ0v) is 13.5. The summed E-state index contributed by atoms with van der Waals surface area (Å²) in [5.74, 6) is 0.242. The minimum absolute atomic E-state index is 0.211. The van der Waals surface area contributed by atoms with Gasteiger partial charge in [0.25, 0.3) is 0 Å². The summed E-state index contributed by atoms with van der Waals surface area (Å²) in [4.78, 5) is 34.6. The van der Waals surface area contributed by atoms with Crippen molar-refractivity contribution in [1.29, 1.82) is 0 Å². The van der Waals surface area contributed by atoms with Gasteiger partial charge in [-0.05, 0) is 42.9 Å². The molecular formula is C18H24N2O3. The van der Waals surface area contributed by atoms with Crippen LogP contribution in [0.1, 0.15) is 44.1 Å². The Bertz CT molecular complexity index is 534. The van der Waals surface area contributed by atoms with Gasteiger partial charge in [0.1, 0.15) is 6.29 Å². The van der Waals surface area contributed by atoms with Crippen molar-refractivity contribution in [3.05, 3.63) is 29.8 Å². The van der Waals surface area contributed by atoms with E-state index in [9.17, 15) is 14.4 Å². The number of hydrogen-bond donors (Lipinski definition) is 1. The first-order valence-electron chi connectivity index (χ1n) is 8.17. The fourth-order valence-electron chi connectivity index (χ4n) is 2.96. The Morgan fingerprint density at radius 3 is 2.48 bits per heavy atom. The molecule has 2 amide bonds. The zero-order chi connectivity index (χ0) is 16.7. The van der Waals surface area contributed by atoms with Crippen LogP contribution >= 0.6 is 0 Å². The average molecular weight is 316 g/mol. The second-order valence-corrected chi connectivity index (χ2v) is 6.18. The maximum absolute atomic E-state index is 11.3. The molecule has 1 aliphatic rings. The predicted molar refractivity (Wildman–Crippen MR) is 89.3 cm³/mol. The first-order chi connectivity index (χ1) is 11.1. The highest BCUT2D eigenvalue weighted by molar-refractivity contribution is 5.85. The van der Waals surface area contributed by atoms with E-state index in [-0.39, 0.29) is 17.7 Å². The second-order valence-electron chi connectivity index (χ2n) is 6.18. The molecule has 5 heteroatoms. The molecule has 5 nitrogen and oxygen atoms in total. The maximum Gasteiger partial charge on any atom is 0.226 e. The van der Waals surface area contributed by atoms with Crippen LogP contribution in [0.2, 0.25) is 0 Å². The van der Waals surface area contributed by atoms with Gasteiger partial charge in [-0.3, -0.25) is 14.9 Å². The number of aldehydes is 1. The third kappa shape index (κ3) is 4.91. The van der Waals surface area contributed by atoms with E-state index in [1.54, 1.807) is 0 Å². The van der Waals surface area contributed by atoms with Crippen molar-refractivity contribution < 1.29 is 14.4 Å². The Morgan fingerprint density at radius 2 is 1.91 bits per heavy atom. The molecule has 0 aliphatic carbocycles. The standard InChI is InChI=1S/C18H24N2O3/c1-14(2-7-18(23)19-13-22)16-3-5-17(6-4-16)20-10-8-15(12-21)9-11-20/h3-6,12-15H,2,7-11H2,1H3,(H,19,22,23). The molecule has 1 atom stereocenters. The van der Waals surface area contributed by atoms with Gasteiger partial charge >= 0.3 is 0 Å². The number of piperidine rings is 1. The number of anilines is 1. The smallest absolute Gasteiger partial charge is 0.226 e. The van der Waals surface area contributed by atoms with Crippen LogP contribution < -0.4 is 10.2 Å². The van der Waals surface area contributed by atoms with E-state index in [1.165, 1.54) is 11.3 Å². The lowest BCUT2D eigenvalue weighted by molar-refractivity contribution is -0.125. The number of nitrogens with one attached hydrogen (secondary N) is 1. The van der Waals surface area contributed by atoms with Gasteiger partial charge in [0.2, 0.25) is 12.3 Å². The van der Waals surface area contributed by atoms with E-state index >= 15 is 0 Å². The normalized spacial score (nSPS) is 16.7. The van der Waals surface area contributed by atoms with E-state index in [0.717, 1.165) is 32.2 Å². The highest BCUT2D eigenvalue weighted by Gasteiger charge is 2.18. The van der Waals surface area contributed by atoms with E-state index in [1.807, 2.05) is 0 Å². The van der Waals surface area contributed by atoms with Crippen LogP contribution in [-0.4, -0.2) is 31.7 Å². The molecule has 1 fully saturated rings. The van der Waals surface area contributed by atoms with Crippen LogP contribution in [0, 0.1) is 5.92 Å². The number of rotatable bonds is 7. The number of amides is 2. The van der Waals surface area contributed by atoms with E-state index < -0.39 is 0 Å². The lowest BCUT2D eigenvalue weighted by Gasteiger charge is -2.31. The summed E-state index contributed by atoms with van der Waals surface area (Å²) < 4.78 is 0. The van der Waals surface area contributed by atoms with Gasteiger partial charge < -0.3 is 9.69 Å². The number of hydrogen-bond acceptors (Lipinski definition) is 4. The zero-order valence-electron chi connectivity index (χ0n) is 13.5. The average Bonchev–Trinajstić information content (AvgIpc) is 2.60. The van der Waals surface area contributed by atoms with Crippen molar-refractivity contribution in [1.82, 2.24) is 5.32 Å². The summed E-state index contributed by atoms with van der Waals surface area (Å²) in [6.07, 6.45) is 4.41. The quantitative estimate of drug-likeness (QED) is 0.784. The molecule has 2 rings (SSSR count). The number of benzene rings is 1. The van der Waals surface area contributed by atoms with Gasteiger partial charge in [-0.25, -0.2) is 0 Å². The number of nitrogens with zero attached hydrogens (tertiary/aromatic N) is 1. The summed E-state index contributed by atoms with van der Waals surface area (Å²) in [5.41, 5.74) is 2.37. The minimum Gasteiger partial charge on any atom is -0.371 e. The Labute approximate surface area is 137 Å². The molecule has 124 valence electrons. The number of imide groups is 1. The lowest BCUT2D eigenvalue weighted by Crippen LogP contribution is -2.34. The Balaban J connectivity index is 1.87. The topological polar surface area (TPSA) is 66.5 Å². The molecule has 0 aromatic heterocycles. The van der Waals surface area contributed by atoms with Crippen LogP contribution in [0.15, 0.2) is 24.3 Å². The van der Waals surface area contributed by atoms with Crippen molar-refractivity contribution in [2.45, 2.75) is 38.5 Å². The highest BCUT2D eigenvalue weighted by atomic mass is 16.2. The van der Waals surface area contributed by atoms with Crippen LogP contribution in [0.25, 0.3) is 0 Å². The van der Waals surface area contributed by atoms with E-state index in [4.69, 9.17) is 0 Å². The Kier molecular flexibility index (Phi) is 6.32. The minimum atomic E-state index is -0.235. The molecule has 1 aromatic rings. The summed E-state index contributed by atoms with van der Waals surface area (Å²) >= 11 is 0. The molecule has 0 bridgehead atoms. The summed E-state index contributed by atoms with van der Waals surface area (Å²) in [7, 11) is 0. The summed E-state index contributed by atoms with van der Waals surface area (Å²) in [5, 5.41) is 2.16. The molecule has 23 heavy (non-hydrogen) atoms. The fourth-order valence-corrected chi connectivity index (χ4v) is 2.96. The molecule has 0 spiro atoms. The summed E-state index contributed by atoms with van der Waals surface area (Å²) in [6, 6.07) is 8.42. The third-order valence-corrected chi connectivity index (χ3v) is 4.58.